The molecule has 2 aliphatic carbocycles. The Morgan fingerprint density at radius 3 is 2.78 bits per heavy atom. The minimum Gasteiger partial charge on any atom is -0.396 e. The van der Waals surface area contributed by atoms with Crippen LogP contribution < -0.4 is 5.32 Å². The molecule has 0 bridgehead atoms. The second-order valence-corrected chi connectivity index (χ2v) is 7.79. The van der Waals surface area contributed by atoms with Gasteiger partial charge in [0.25, 0.3) is 0 Å². The molecule has 1 saturated carbocycles. The number of thiazole rings is 1. The van der Waals surface area contributed by atoms with Crippen LogP contribution in [0.15, 0.2) is 30.3 Å². The van der Waals surface area contributed by atoms with E-state index in [4.69, 9.17) is 4.98 Å². The summed E-state index contributed by atoms with van der Waals surface area (Å²) in [6.07, 6.45) is 7.01. The standard InChI is InChI=1S/C19H24N2OS/c22-12-11-15(13-9-10-13)20-16-7-4-8-17-18(16)23-19(21-17)14-5-2-1-3-6-14/h1-3,5-6,13,15-16,20,22H,4,7-12H2. The average molecular weight is 328 g/mol. The van der Waals surface area contributed by atoms with Crippen molar-refractivity contribution in [2.75, 3.05) is 6.61 Å². The number of aromatic nitrogens is 1. The third kappa shape index (κ3) is 3.35. The first kappa shape index (κ1) is 15.3. The largest absolute Gasteiger partial charge is 0.396 e. The first-order valence-electron chi connectivity index (χ1n) is 8.77. The van der Waals surface area contributed by atoms with E-state index in [0.717, 1.165) is 23.8 Å². The third-order valence-electron chi connectivity index (χ3n) is 5.02. The van der Waals surface area contributed by atoms with Crippen LogP contribution in [0.1, 0.15) is 48.7 Å². The Morgan fingerprint density at radius 1 is 1.22 bits per heavy atom. The van der Waals surface area contributed by atoms with Crippen molar-refractivity contribution in [1.82, 2.24) is 10.3 Å². The Balaban J connectivity index is 1.57. The summed E-state index contributed by atoms with van der Waals surface area (Å²) in [4.78, 5) is 6.34. The molecule has 2 atom stereocenters. The Labute approximate surface area is 141 Å². The summed E-state index contributed by atoms with van der Waals surface area (Å²) in [6, 6.07) is 11.4. The van der Waals surface area contributed by atoms with Crippen molar-refractivity contribution in [2.24, 2.45) is 5.92 Å². The molecule has 2 aromatic rings. The fourth-order valence-electron chi connectivity index (χ4n) is 3.63. The van der Waals surface area contributed by atoms with Crippen LogP contribution in [0.5, 0.6) is 0 Å². The Morgan fingerprint density at radius 2 is 2.04 bits per heavy atom. The normalized spacial score (nSPS) is 21.9. The quantitative estimate of drug-likeness (QED) is 0.844. The monoisotopic (exact) mass is 328 g/mol. The summed E-state index contributed by atoms with van der Waals surface area (Å²) >= 11 is 1.85. The zero-order valence-electron chi connectivity index (χ0n) is 13.4. The smallest absolute Gasteiger partial charge is 0.123 e. The van der Waals surface area contributed by atoms with Gasteiger partial charge in [-0.1, -0.05) is 30.3 Å². The van der Waals surface area contributed by atoms with E-state index in [1.165, 1.54) is 41.8 Å². The molecule has 2 unspecified atom stereocenters. The number of fused-ring (bicyclic) bond motifs is 1. The molecule has 3 nitrogen and oxygen atoms in total. The van der Waals surface area contributed by atoms with E-state index in [-0.39, 0.29) is 6.61 Å². The fourth-order valence-corrected chi connectivity index (χ4v) is 4.85. The predicted octanol–water partition coefficient (Wildman–Crippen LogP) is 3.94. The molecule has 0 saturated heterocycles. The minimum atomic E-state index is 0.283. The second-order valence-electron chi connectivity index (χ2n) is 6.76. The summed E-state index contributed by atoms with van der Waals surface area (Å²) < 4.78 is 0. The van der Waals surface area contributed by atoms with Crippen LogP contribution in [0.25, 0.3) is 10.6 Å². The van der Waals surface area contributed by atoms with Crippen molar-refractivity contribution < 1.29 is 5.11 Å². The van der Waals surface area contributed by atoms with Gasteiger partial charge < -0.3 is 10.4 Å². The molecule has 122 valence electrons. The highest BCUT2D eigenvalue weighted by Gasteiger charge is 2.34. The highest BCUT2D eigenvalue weighted by Crippen LogP contribution is 2.40. The van der Waals surface area contributed by atoms with Gasteiger partial charge in [0.05, 0.1) is 5.69 Å². The van der Waals surface area contributed by atoms with Crippen LogP contribution in [0.3, 0.4) is 0 Å². The SMILES string of the molecule is OCCC(NC1CCCc2nc(-c3ccccc3)sc21)C1CC1. The topological polar surface area (TPSA) is 45.1 Å². The first-order valence-corrected chi connectivity index (χ1v) is 9.58. The molecule has 4 heteroatoms. The van der Waals surface area contributed by atoms with E-state index in [2.05, 4.69) is 35.6 Å². The lowest BCUT2D eigenvalue weighted by atomic mass is 9.96. The number of aliphatic hydroxyl groups excluding tert-OH is 1. The summed E-state index contributed by atoms with van der Waals surface area (Å²) in [5.74, 6) is 0.772. The molecule has 1 fully saturated rings. The zero-order chi connectivity index (χ0) is 15.6. The van der Waals surface area contributed by atoms with E-state index in [9.17, 15) is 5.11 Å². The highest BCUT2D eigenvalue weighted by atomic mass is 32.1. The molecule has 1 aromatic carbocycles. The van der Waals surface area contributed by atoms with E-state index in [1.807, 2.05) is 11.3 Å². The molecule has 0 spiro atoms. The van der Waals surface area contributed by atoms with Gasteiger partial charge >= 0.3 is 0 Å². The molecule has 0 radical (unpaired) electrons. The summed E-state index contributed by atoms with van der Waals surface area (Å²) in [5.41, 5.74) is 2.51. The number of hydrogen-bond donors (Lipinski definition) is 2. The van der Waals surface area contributed by atoms with Crippen LogP contribution in [-0.2, 0) is 6.42 Å². The van der Waals surface area contributed by atoms with Gasteiger partial charge in [0.15, 0.2) is 0 Å². The lowest BCUT2D eigenvalue weighted by Crippen LogP contribution is -2.36. The molecular weight excluding hydrogens is 304 g/mol. The molecule has 2 N–H and O–H groups in total. The maximum Gasteiger partial charge on any atom is 0.123 e. The molecule has 0 aliphatic heterocycles. The molecule has 4 rings (SSSR count). The van der Waals surface area contributed by atoms with Crippen molar-refractivity contribution in [1.29, 1.82) is 0 Å². The van der Waals surface area contributed by atoms with Crippen LogP contribution >= 0.6 is 11.3 Å². The zero-order valence-corrected chi connectivity index (χ0v) is 14.2. The number of nitrogens with zero attached hydrogens (tertiary/aromatic N) is 1. The number of benzene rings is 1. The van der Waals surface area contributed by atoms with Gasteiger partial charge in [-0.25, -0.2) is 4.98 Å². The van der Waals surface area contributed by atoms with Crippen molar-refractivity contribution in [3.63, 3.8) is 0 Å². The van der Waals surface area contributed by atoms with Crippen LogP contribution in [0.2, 0.25) is 0 Å². The van der Waals surface area contributed by atoms with Gasteiger partial charge in [0.1, 0.15) is 5.01 Å². The van der Waals surface area contributed by atoms with E-state index in [1.54, 1.807) is 0 Å². The highest BCUT2D eigenvalue weighted by molar-refractivity contribution is 7.15. The molecular formula is C19H24N2OS. The van der Waals surface area contributed by atoms with Gasteiger partial charge in [0, 0.05) is 29.1 Å². The van der Waals surface area contributed by atoms with Gasteiger partial charge in [-0.15, -0.1) is 11.3 Å². The third-order valence-corrected chi connectivity index (χ3v) is 6.28. The van der Waals surface area contributed by atoms with Gasteiger partial charge in [-0.3, -0.25) is 0 Å². The van der Waals surface area contributed by atoms with Crippen molar-refractivity contribution in [3.8, 4) is 10.6 Å². The molecule has 23 heavy (non-hydrogen) atoms. The summed E-state index contributed by atoms with van der Waals surface area (Å²) in [7, 11) is 0. The number of aryl methyl sites for hydroxylation is 1. The average Bonchev–Trinajstić information content (AvgIpc) is 3.34. The second kappa shape index (κ2) is 6.71. The van der Waals surface area contributed by atoms with Crippen molar-refractivity contribution in [2.45, 2.75) is 50.6 Å². The van der Waals surface area contributed by atoms with E-state index >= 15 is 0 Å². The van der Waals surface area contributed by atoms with Gasteiger partial charge in [-0.2, -0.15) is 0 Å². The lowest BCUT2D eigenvalue weighted by molar-refractivity contribution is 0.245. The van der Waals surface area contributed by atoms with Crippen molar-refractivity contribution >= 4 is 11.3 Å². The molecule has 1 aromatic heterocycles. The lowest BCUT2D eigenvalue weighted by Gasteiger charge is -2.28. The van der Waals surface area contributed by atoms with E-state index < -0.39 is 0 Å². The number of hydrogen-bond acceptors (Lipinski definition) is 4. The number of nitrogens with one attached hydrogen (secondary N) is 1. The maximum absolute atomic E-state index is 9.34. The van der Waals surface area contributed by atoms with Crippen LogP contribution in [0.4, 0.5) is 0 Å². The fraction of sp³-hybridized carbons (Fsp3) is 0.526. The predicted molar refractivity (Wildman–Crippen MR) is 94.6 cm³/mol. The van der Waals surface area contributed by atoms with Crippen LogP contribution in [-0.4, -0.2) is 22.7 Å². The first-order chi connectivity index (χ1) is 11.3. The molecule has 0 amide bonds. The molecule has 1 heterocycles. The summed E-state index contributed by atoms with van der Waals surface area (Å²) in [5, 5.41) is 14.3. The maximum atomic E-state index is 9.34. The van der Waals surface area contributed by atoms with Crippen LogP contribution in [0, 0.1) is 5.92 Å². The number of rotatable bonds is 6. The minimum absolute atomic E-state index is 0.283. The Kier molecular flexibility index (Phi) is 4.47. The van der Waals surface area contributed by atoms with Crippen molar-refractivity contribution in [3.05, 3.63) is 40.9 Å². The Bertz CT molecular complexity index is 651. The van der Waals surface area contributed by atoms with Gasteiger partial charge in [0.2, 0.25) is 0 Å². The Hall–Kier alpha value is -1.23. The van der Waals surface area contributed by atoms with Gasteiger partial charge in [-0.05, 0) is 44.4 Å². The van der Waals surface area contributed by atoms with E-state index in [0.29, 0.717) is 12.1 Å². The number of aliphatic hydroxyl groups is 1. The summed E-state index contributed by atoms with van der Waals surface area (Å²) in [6.45, 7) is 0.283. The molecule has 2 aliphatic rings.